The van der Waals surface area contributed by atoms with Crippen LogP contribution in [0.5, 0.6) is 0 Å². The van der Waals surface area contributed by atoms with Crippen LogP contribution in [-0.4, -0.2) is 28.6 Å². The molecule has 0 radical (unpaired) electrons. The van der Waals surface area contributed by atoms with E-state index in [1.165, 1.54) is 6.39 Å². The zero-order valence-corrected chi connectivity index (χ0v) is 8.35. The van der Waals surface area contributed by atoms with Gasteiger partial charge in [-0.15, -0.1) is 6.58 Å². The summed E-state index contributed by atoms with van der Waals surface area (Å²) >= 11 is 0. The van der Waals surface area contributed by atoms with Crippen molar-refractivity contribution in [1.29, 1.82) is 0 Å². The van der Waals surface area contributed by atoms with Crippen LogP contribution in [0.1, 0.15) is 12.2 Å². The maximum Gasteiger partial charge on any atom is 0.237 e. The van der Waals surface area contributed by atoms with Crippen LogP contribution < -0.4 is 11.1 Å². The van der Waals surface area contributed by atoms with Crippen molar-refractivity contribution in [2.75, 3.05) is 6.54 Å². The summed E-state index contributed by atoms with van der Waals surface area (Å²) < 4.78 is 4.55. The van der Waals surface area contributed by atoms with Crippen molar-refractivity contribution >= 4 is 5.91 Å². The van der Waals surface area contributed by atoms with Crippen molar-refractivity contribution in [3.05, 3.63) is 24.9 Å². The molecule has 15 heavy (non-hydrogen) atoms. The minimum atomic E-state index is -0.534. The first kappa shape index (κ1) is 11.4. The Morgan fingerprint density at radius 1 is 1.80 bits per heavy atom. The highest BCUT2D eigenvalue weighted by Crippen LogP contribution is 1.91. The molecule has 0 bridgehead atoms. The predicted octanol–water partition coefficient (Wildman–Crippen LogP) is -0.368. The van der Waals surface area contributed by atoms with E-state index in [9.17, 15) is 4.79 Å². The first-order valence-corrected chi connectivity index (χ1v) is 4.63. The molecule has 0 aliphatic carbocycles. The van der Waals surface area contributed by atoms with E-state index in [0.29, 0.717) is 25.2 Å². The van der Waals surface area contributed by atoms with E-state index >= 15 is 0 Å². The largest absolute Gasteiger partial charge is 0.354 e. The molecule has 0 fully saturated rings. The molecule has 1 rings (SSSR count). The van der Waals surface area contributed by atoms with Crippen molar-refractivity contribution in [2.24, 2.45) is 5.73 Å². The topological polar surface area (TPSA) is 94.0 Å². The third kappa shape index (κ3) is 3.90. The molecular weight excluding hydrogens is 196 g/mol. The minimum absolute atomic E-state index is 0.196. The Labute approximate surface area is 87.5 Å². The van der Waals surface area contributed by atoms with E-state index in [1.807, 2.05) is 0 Å². The maximum atomic E-state index is 11.3. The SMILES string of the molecule is C=CCC(N)C(=O)NCCc1ncon1. The molecule has 0 aliphatic heterocycles. The van der Waals surface area contributed by atoms with E-state index in [4.69, 9.17) is 5.73 Å². The van der Waals surface area contributed by atoms with Crippen molar-refractivity contribution in [2.45, 2.75) is 18.9 Å². The number of aromatic nitrogens is 2. The Balaban J connectivity index is 2.19. The second-order valence-corrected chi connectivity index (χ2v) is 3.02. The van der Waals surface area contributed by atoms with Gasteiger partial charge in [0, 0.05) is 13.0 Å². The summed E-state index contributed by atoms with van der Waals surface area (Å²) in [4.78, 5) is 15.1. The summed E-state index contributed by atoms with van der Waals surface area (Å²) in [5, 5.41) is 6.28. The number of nitrogens with zero attached hydrogens (tertiary/aromatic N) is 2. The van der Waals surface area contributed by atoms with Gasteiger partial charge >= 0.3 is 0 Å². The highest BCUT2D eigenvalue weighted by Gasteiger charge is 2.10. The standard InChI is InChI=1S/C9H14N4O2/c1-2-3-7(10)9(14)11-5-4-8-12-6-15-13-8/h2,6-7H,1,3-5,10H2,(H,11,14). The third-order valence-electron chi connectivity index (χ3n) is 1.81. The van der Waals surface area contributed by atoms with Crippen LogP contribution in [0.25, 0.3) is 0 Å². The van der Waals surface area contributed by atoms with Crippen LogP contribution >= 0.6 is 0 Å². The van der Waals surface area contributed by atoms with Crippen LogP contribution in [0, 0.1) is 0 Å². The predicted molar refractivity (Wildman–Crippen MR) is 53.8 cm³/mol. The maximum absolute atomic E-state index is 11.3. The van der Waals surface area contributed by atoms with Crippen LogP contribution in [0.15, 0.2) is 23.6 Å². The normalized spacial score (nSPS) is 12.1. The molecule has 1 aromatic heterocycles. The first-order valence-electron chi connectivity index (χ1n) is 4.63. The lowest BCUT2D eigenvalue weighted by Crippen LogP contribution is -2.41. The Morgan fingerprint density at radius 2 is 2.60 bits per heavy atom. The highest BCUT2D eigenvalue weighted by molar-refractivity contribution is 5.81. The minimum Gasteiger partial charge on any atom is -0.354 e. The molecule has 0 spiro atoms. The van der Waals surface area contributed by atoms with Gasteiger partial charge in [-0.1, -0.05) is 11.2 Å². The van der Waals surface area contributed by atoms with Gasteiger partial charge in [-0.05, 0) is 6.42 Å². The molecule has 6 heteroatoms. The molecule has 1 atom stereocenters. The lowest BCUT2D eigenvalue weighted by Gasteiger charge is -2.08. The van der Waals surface area contributed by atoms with Crippen LogP contribution in [-0.2, 0) is 11.2 Å². The number of carbonyl (C=O) groups is 1. The van der Waals surface area contributed by atoms with Gasteiger partial charge in [0.1, 0.15) is 0 Å². The van der Waals surface area contributed by atoms with E-state index in [-0.39, 0.29) is 5.91 Å². The summed E-state index contributed by atoms with van der Waals surface area (Å²) in [5.41, 5.74) is 5.55. The summed E-state index contributed by atoms with van der Waals surface area (Å²) in [6, 6.07) is -0.534. The van der Waals surface area contributed by atoms with Gasteiger partial charge in [0.25, 0.3) is 0 Å². The van der Waals surface area contributed by atoms with Crippen LogP contribution in [0.4, 0.5) is 0 Å². The lowest BCUT2D eigenvalue weighted by molar-refractivity contribution is -0.122. The molecule has 1 amide bonds. The number of amides is 1. The number of hydrogen-bond acceptors (Lipinski definition) is 5. The van der Waals surface area contributed by atoms with Gasteiger partial charge < -0.3 is 15.6 Å². The first-order chi connectivity index (χ1) is 7.24. The van der Waals surface area contributed by atoms with Crippen molar-refractivity contribution in [3.8, 4) is 0 Å². The van der Waals surface area contributed by atoms with Gasteiger partial charge in [0.2, 0.25) is 12.3 Å². The van der Waals surface area contributed by atoms with Crippen LogP contribution in [0.2, 0.25) is 0 Å². The second kappa shape index (κ2) is 5.92. The molecule has 0 aliphatic rings. The quantitative estimate of drug-likeness (QED) is 0.625. The Morgan fingerprint density at radius 3 is 3.20 bits per heavy atom. The zero-order valence-electron chi connectivity index (χ0n) is 8.35. The molecule has 1 aromatic rings. The number of nitrogens with one attached hydrogen (secondary N) is 1. The van der Waals surface area contributed by atoms with Crippen LogP contribution in [0.3, 0.4) is 0 Å². The Bertz CT molecular complexity index is 310. The summed E-state index contributed by atoms with van der Waals surface area (Å²) in [7, 11) is 0. The third-order valence-corrected chi connectivity index (χ3v) is 1.81. The fourth-order valence-corrected chi connectivity index (χ4v) is 1.02. The molecule has 82 valence electrons. The molecule has 1 heterocycles. The summed E-state index contributed by atoms with van der Waals surface area (Å²) in [6.45, 7) is 3.96. The summed E-state index contributed by atoms with van der Waals surface area (Å²) in [5.74, 6) is 0.367. The van der Waals surface area contributed by atoms with Gasteiger partial charge in [0.15, 0.2) is 5.82 Å². The van der Waals surface area contributed by atoms with Gasteiger partial charge in [-0.2, -0.15) is 4.98 Å². The van der Waals surface area contributed by atoms with Crippen molar-refractivity contribution < 1.29 is 9.32 Å². The van der Waals surface area contributed by atoms with E-state index < -0.39 is 6.04 Å². The van der Waals surface area contributed by atoms with Crippen molar-refractivity contribution in [3.63, 3.8) is 0 Å². The average molecular weight is 210 g/mol. The van der Waals surface area contributed by atoms with Gasteiger partial charge in [0.05, 0.1) is 6.04 Å². The highest BCUT2D eigenvalue weighted by atomic mass is 16.5. The van der Waals surface area contributed by atoms with E-state index in [2.05, 4.69) is 26.6 Å². The van der Waals surface area contributed by atoms with Gasteiger partial charge in [-0.3, -0.25) is 4.79 Å². The Kier molecular flexibility index (Phi) is 4.49. The van der Waals surface area contributed by atoms with E-state index in [1.54, 1.807) is 6.08 Å². The molecule has 1 unspecified atom stereocenters. The number of carbonyl (C=O) groups excluding carboxylic acids is 1. The number of rotatable bonds is 6. The second-order valence-electron chi connectivity index (χ2n) is 3.02. The lowest BCUT2D eigenvalue weighted by atomic mass is 10.2. The fraction of sp³-hybridized carbons (Fsp3) is 0.444. The molecule has 6 nitrogen and oxygen atoms in total. The molecule has 0 saturated heterocycles. The number of hydrogen-bond donors (Lipinski definition) is 2. The molecular formula is C9H14N4O2. The van der Waals surface area contributed by atoms with E-state index in [0.717, 1.165) is 0 Å². The summed E-state index contributed by atoms with van der Waals surface area (Å²) in [6.07, 6.45) is 3.86. The molecule has 0 aromatic carbocycles. The smallest absolute Gasteiger partial charge is 0.237 e. The molecule has 3 N–H and O–H groups in total. The average Bonchev–Trinajstić information content (AvgIpc) is 2.71. The Hall–Kier alpha value is -1.69. The van der Waals surface area contributed by atoms with Crippen molar-refractivity contribution in [1.82, 2.24) is 15.5 Å². The van der Waals surface area contributed by atoms with Gasteiger partial charge in [-0.25, -0.2) is 0 Å². The zero-order chi connectivity index (χ0) is 11.1. The number of nitrogens with two attached hydrogens (primary N) is 1. The fourth-order valence-electron chi connectivity index (χ4n) is 1.02. The molecule has 0 saturated carbocycles. The monoisotopic (exact) mass is 210 g/mol.